The first-order valence-corrected chi connectivity index (χ1v) is 6.03. The summed E-state index contributed by atoms with van der Waals surface area (Å²) in [4.78, 5) is 11.9. The average molecular weight is 234 g/mol. The molecule has 3 heteroatoms. The first-order valence-electron chi connectivity index (χ1n) is 6.03. The lowest BCUT2D eigenvalue weighted by Gasteiger charge is -2.24. The molecule has 1 aromatic rings. The fourth-order valence-electron chi connectivity index (χ4n) is 1.54. The molecule has 94 valence electrons. The Bertz CT molecular complexity index is 399. The maximum Gasteiger partial charge on any atom is 0.240 e. The van der Waals surface area contributed by atoms with Gasteiger partial charge in [0, 0.05) is 0 Å². The summed E-state index contributed by atoms with van der Waals surface area (Å²) < 4.78 is 0. The molecule has 0 saturated heterocycles. The molecule has 0 fully saturated rings. The van der Waals surface area contributed by atoms with Gasteiger partial charge in [0.05, 0.1) is 11.6 Å². The summed E-state index contributed by atoms with van der Waals surface area (Å²) in [6.45, 7) is 7.68. The Morgan fingerprint density at radius 3 is 2.71 bits per heavy atom. The molecule has 0 bridgehead atoms. The van der Waals surface area contributed by atoms with E-state index in [1.165, 1.54) is 5.56 Å². The largest absolute Gasteiger partial charge is 0.348 e. The molecule has 0 aliphatic rings. The molecule has 0 heterocycles. The fourth-order valence-corrected chi connectivity index (χ4v) is 1.54. The molecule has 1 unspecified atom stereocenters. The van der Waals surface area contributed by atoms with Crippen LogP contribution in [-0.2, 0) is 4.79 Å². The van der Waals surface area contributed by atoms with Crippen molar-refractivity contribution in [2.45, 2.75) is 45.7 Å². The molecule has 0 radical (unpaired) electrons. The summed E-state index contributed by atoms with van der Waals surface area (Å²) in [6, 6.07) is 8.10. The van der Waals surface area contributed by atoms with Gasteiger partial charge in [-0.25, -0.2) is 0 Å². The molecule has 0 aliphatic heterocycles. The number of nitrogens with two attached hydrogens (primary N) is 1. The van der Waals surface area contributed by atoms with E-state index in [1.54, 1.807) is 6.92 Å². The molecule has 1 amide bonds. The SMILES string of the molecule is CCC(C)(N)C(=O)N[C@H](C)c1cccc(C)c1. The van der Waals surface area contributed by atoms with Crippen molar-refractivity contribution in [1.82, 2.24) is 5.32 Å². The van der Waals surface area contributed by atoms with Crippen LogP contribution in [0.5, 0.6) is 0 Å². The zero-order valence-electron chi connectivity index (χ0n) is 11.1. The third-order valence-electron chi connectivity index (χ3n) is 3.14. The van der Waals surface area contributed by atoms with Crippen LogP contribution in [0.4, 0.5) is 0 Å². The standard InChI is InChI=1S/C14H22N2O/c1-5-14(4,15)13(17)16-11(3)12-8-6-7-10(2)9-12/h6-9,11H,5,15H2,1-4H3,(H,16,17)/t11-,14?/m1/s1. The van der Waals surface area contributed by atoms with Crippen LogP contribution >= 0.6 is 0 Å². The van der Waals surface area contributed by atoms with Crippen LogP contribution in [-0.4, -0.2) is 11.4 Å². The Morgan fingerprint density at radius 1 is 1.53 bits per heavy atom. The van der Waals surface area contributed by atoms with Gasteiger partial charge >= 0.3 is 0 Å². The number of amides is 1. The van der Waals surface area contributed by atoms with Crippen LogP contribution in [0.1, 0.15) is 44.4 Å². The summed E-state index contributed by atoms with van der Waals surface area (Å²) in [6.07, 6.45) is 0.624. The summed E-state index contributed by atoms with van der Waals surface area (Å²) in [5, 5.41) is 2.95. The summed E-state index contributed by atoms with van der Waals surface area (Å²) >= 11 is 0. The van der Waals surface area contributed by atoms with Gasteiger partial charge in [0.1, 0.15) is 0 Å². The third-order valence-corrected chi connectivity index (χ3v) is 3.14. The lowest BCUT2D eigenvalue weighted by Crippen LogP contribution is -2.51. The summed E-state index contributed by atoms with van der Waals surface area (Å²) in [7, 11) is 0. The van der Waals surface area contributed by atoms with Crippen LogP contribution in [0.3, 0.4) is 0 Å². The van der Waals surface area contributed by atoms with Crippen molar-refractivity contribution in [2.75, 3.05) is 0 Å². The van der Waals surface area contributed by atoms with Gasteiger partial charge < -0.3 is 11.1 Å². The molecule has 0 spiro atoms. The molecule has 0 saturated carbocycles. The number of carbonyl (C=O) groups is 1. The van der Waals surface area contributed by atoms with Crippen LogP contribution in [0.2, 0.25) is 0 Å². The Labute approximate surface area is 103 Å². The average Bonchev–Trinajstić information content (AvgIpc) is 2.28. The minimum atomic E-state index is -0.794. The van der Waals surface area contributed by atoms with Gasteiger partial charge in [0.2, 0.25) is 5.91 Å². The second-order valence-corrected chi connectivity index (χ2v) is 4.88. The van der Waals surface area contributed by atoms with E-state index in [4.69, 9.17) is 5.73 Å². The third kappa shape index (κ3) is 3.56. The van der Waals surface area contributed by atoms with E-state index in [2.05, 4.69) is 11.4 Å². The Kier molecular flexibility index (Phi) is 4.29. The molecule has 0 aromatic heterocycles. The molecular formula is C14H22N2O. The van der Waals surface area contributed by atoms with Gasteiger partial charge in [-0.3, -0.25) is 4.79 Å². The maximum atomic E-state index is 11.9. The number of nitrogens with one attached hydrogen (secondary N) is 1. The zero-order chi connectivity index (χ0) is 13.1. The monoisotopic (exact) mass is 234 g/mol. The minimum Gasteiger partial charge on any atom is -0.348 e. The predicted octanol–water partition coefficient (Wildman–Crippen LogP) is 2.30. The normalized spacial score (nSPS) is 16.1. The van der Waals surface area contributed by atoms with Gasteiger partial charge in [0.25, 0.3) is 0 Å². The Balaban J connectivity index is 2.73. The van der Waals surface area contributed by atoms with E-state index in [9.17, 15) is 4.79 Å². The highest BCUT2D eigenvalue weighted by atomic mass is 16.2. The van der Waals surface area contributed by atoms with E-state index in [0.717, 1.165) is 5.56 Å². The number of hydrogen-bond donors (Lipinski definition) is 2. The molecule has 1 aromatic carbocycles. The first kappa shape index (κ1) is 13.7. The Morgan fingerprint density at radius 2 is 2.18 bits per heavy atom. The van der Waals surface area contributed by atoms with E-state index in [1.807, 2.05) is 39.0 Å². The highest BCUT2D eigenvalue weighted by molar-refractivity contribution is 5.85. The van der Waals surface area contributed by atoms with Gasteiger partial charge in [-0.1, -0.05) is 36.8 Å². The van der Waals surface area contributed by atoms with Crippen molar-refractivity contribution in [3.05, 3.63) is 35.4 Å². The quantitative estimate of drug-likeness (QED) is 0.840. The van der Waals surface area contributed by atoms with Crippen molar-refractivity contribution in [3.8, 4) is 0 Å². The molecule has 17 heavy (non-hydrogen) atoms. The van der Waals surface area contributed by atoms with Crippen molar-refractivity contribution < 1.29 is 4.79 Å². The lowest BCUT2D eigenvalue weighted by molar-refractivity contribution is -0.126. The number of rotatable bonds is 4. The highest BCUT2D eigenvalue weighted by Crippen LogP contribution is 2.15. The molecule has 2 atom stereocenters. The maximum absolute atomic E-state index is 11.9. The summed E-state index contributed by atoms with van der Waals surface area (Å²) in [5.74, 6) is -0.103. The van der Waals surface area contributed by atoms with Gasteiger partial charge in [-0.2, -0.15) is 0 Å². The molecule has 1 rings (SSSR count). The second-order valence-electron chi connectivity index (χ2n) is 4.88. The number of hydrogen-bond acceptors (Lipinski definition) is 2. The van der Waals surface area contributed by atoms with Crippen molar-refractivity contribution in [2.24, 2.45) is 5.73 Å². The molecular weight excluding hydrogens is 212 g/mol. The van der Waals surface area contributed by atoms with E-state index >= 15 is 0 Å². The zero-order valence-corrected chi connectivity index (χ0v) is 11.1. The van der Waals surface area contributed by atoms with E-state index < -0.39 is 5.54 Å². The van der Waals surface area contributed by atoms with Crippen LogP contribution in [0, 0.1) is 6.92 Å². The lowest BCUT2D eigenvalue weighted by atomic mass is 9.98. The molecule has 3 N–H and O–H groups in total. The smallest absolute Gasteiger partial charge is 0.240 e. The Hall–Kier alpha value is -1.35. The van der Waals surface area contributed by atoms with Gasteiger partial charge in [0.15, 0.2) is 0 Å². The summed E-state index contributed by atoms with van der Waals surface area (Å²) in [5.41, 5.74) is 7.40. The number of aryl methyl sites for hydroxylation is 1. The topological polar surface area (TPSA) is 55.1 Å². The van der Waals surface area contributed by atoms with Gasteiger partial charge in [-0.05, 0) is 32.8 Å². The molecule has 0 aliphatic carbocycles. The number of carbonyl (C=O) groups excluding carboxylic acids is 1. The fraction of sp³-hybridized carbons (Fsp3) is 0.500. The molecule has 3 nitrogen and oxygen atoms in total. The van der Waals surface area contributed by atoms with Crippen LogP contribution < -0.4 is 11.1 Å². The first-order chi connectivity index (χ1) is 7.86. The van der Waals surface area contributed by atoms with Crippen molar-refractivity contribution in [1.29, 1.82) is 0 Å². The number of benzene rings is 1. The highest BCUT2D eigenvalue weighted by Gasteiger charge is 2.27. The van der Waals surface area contributed by atoms with E-state index in [0.29, 0.717) is 6.42 Å². The van der Waals surface area contributed by atoms with Gasteiger partial charge in [-0.15, -0.1) is 0 Å². The van der Waals surface area contributed by atoms with E-state index in [-0.39, 0.29) is 11.9 Å². The van der Waals surface area contributed by atoms with Crippen LogP contribution in [0.25, 0.3) is 0 Å². The second kappa shape index (κ2) is 5.32. The minimum absolute atomic E-state index is 0.0168. The van der Waals surface area contributed by atoms with Crippen molar-refractivity contribution in [3.63, 3.8) is 0 Å². The van der Waals surface area contributed by atoms with Crippen molar-refractivity contribution >= 4 is 5.91 Å². The van der Waals surface area contributed by atoms with Crippen LogP contribution in [0.15, 0.2) is 24.3 Å². The predicted molar refractivity (Wildman–Crippen MR) is 70.6 cm³/mol.